The minimum atomic E-state index is -1.44. The molecule has 208 valence electrons. The van der Waals surface area contributed by atoms with E-state index >= 15 is 4.39 Å². The lowest BCUT2D eigenvalue weighted by atomic mass is 9.73. The van der Waals surface area contributed by atoms with Crippen LogP contribution in [0.5, 0.6) is 11.5 Å². The summed E-state index contributed by atoms with van der Waals surface area (Å²) in [6, 6.07) is 11.4. The molecule has 0 aromatic heterocycles. The number of carbonyl (C=O) groups is 1. The maximum atomic E-state index is 15.3. The number of amides is 2. The number of ether oxygens (including phenoxy) is 2. The van der Waals surface area contributed by atoms with Gasteiger partial charge < -0.3 is 35.2 Å². The highest BCUT2D eigenvalue weighted by molar-refractivity contribution is 5.75. The summed E-state index contributed by atoms with van der Waals surface area (Å²) in [7, 11) is 1.64. The molecule has 2 heterocycles. The number of hydrogen-bond acceptors (Lipinski definition) is 6. The van der Waals surface area contributed by atoms with Crippen LogP contribution in [0.1, 0.15) is 43.2 Å². The molecular formula is C29H40FN3O5. The summed E-state index contributed by atoms with van der Waals surface area (Å²) in [5.41, 5.74) is 5.73. The fraction of sp³-hybridized carbons (Fsp3) is 0.552. The van der Waals surface area contributed by atoms with E-state index in [1.807, 2.05) is 25.1 Å². The summed E-state index contributed by atoms with van der Waals surface area (Å²) >= 11 is 0. The first-order valence-corrected chi connectivity index (χ1v) is 13.5. The highest BCUT2D eigenvalue weighted by Crippen LogP contribution is 2.45. The Morgan fingerprint density at radius 2 is 1.92 bits per heavy atom. The zero-order valence-electron chi connectivity index (χ0n) is 22.3. The Balaban J connectivity index is 1.65. The molecule has 4 atom stereocenters. The Morgan fingerprint density at radius 3 is 2.63 bits per heavy atom. The molecule has 0 saturated carbocycles. The average Bonchev–Trinajstić information content (AvgIpc) is 3.26. The van der Waals surface area contributed by atoms with Gasteiger partial charge in [-0.2, -0.15) is 0 Å². The summed E-state index contributed by atoms with van der Waals surface area (Å²) in [6.07, 6.45) is 2.38. The molecule has 2 aliphatic rings. The summed E-state index contributed by atoms with van der Waals surface area (Å²) in [4.78, 5) is 16.6. The van der Waals surface area contributed by atoms with Gasteiger partial charge in [0.15, 0.2) is 11.6 Å². The lowest BCUT2D eigenvalue weighted by Crippen LogP contribution is -2.52. The molecule has 0 spiro atoms. The second-order valence-corrected chi connectivity index (χ2v) is 10.6. The quantitative estimate of drug-likeness (QED) is 0.427. The Kier molecular flexibility index (Phi) is 9.25. The molecule has 0 radical (unpaired) electrons. The number of benzene rings is 2. The number of aliphatic hydroxyl groups is 2. The van der Waals surface area contributed by atoms with Crippen LogP contribution in [-0.4, -0.2) is 78.1 Å². The average molecular weight is 530 g/mol. The molecule has 2 saturated heterocycles. The molecule has 2 amide bonds. The van der Waals surface area contributed by atoms with Crippen molar-refractivity contribution in [1.29, 1.82) is 0 Å². The Hall–Kier alpha value is -2.72. The van der Waals surface area contributed by atoms with Gasteiger partial charge in [0, 0.05) is 57.4 Å². The molecule has 8 nitrogen and oxygen atoms in total. The van der Waals surface area contributed by atoms with Gasteiger partial charge in [-0.3, -0.25) is 0 Å². The molecule has 4 N–H and O–H groups in total. The number of piperidine rings is 1. The summed E-state index contributed by atoms with van der Waals surface area (Å²) in [5, 5.41) is 22.5. The lowest BCUT2D eigenvalue weighted by Gasteiger charge is -2.44. The third-order valence-corrected chi connectivity index (χ3v) is 7.87. The summed E-state index contributed by atoms with van der Waals surface area (Å²) in [6.45, 7) is 3.78. The van der Waals surface area contributed by atoms with Crippen LogP contribution in [-0.2, 0) is 10.3 Å². The van der Waals surface area contributed by atoms with E-state index in [4.69, 9.17) is 15.2 Å². The van der Waals surface area contributed by atoms with E-state index in [9.17, 15) is 15.0 Å². The van der Waals surface area contributed by atoms with Gasteiger partial charge in [0.1, 0.15) is 5.75 Å². The number of methoxy groups -OCH3 is 1. The molecule has 2 aromatic rings. The Bertz CT molecular complexity index is 1090. The van der Waals surface area contributed by atoms with Gasteiger partial charge in [0.25, 0.3) is 0 Å². The topological polar surface area (TPSA) is 108 Å². The predicted octanol–water partition coefficient (Wildman–Crippen LogP) is 3.77. The molecule has 2 aromatic carbocycles. The zero-order valence-corrected chi connectivity index (χ0v) is 22.3. The van der Waals surface area contributed by atoms with E-state index in [0.29, 0.717) is 63.2 Å². The van der Waals surface area contributed by atoms with Gasteiger partial charge in [0.2, 0.25) is 0 Å². The van der Waals surface area contributed by atoms with Crippen LogP contribution in [0.3, 0.4) is 0 Å². The first-order chi connectivity index (χ1) is 18.2. The molecule has 38 heavy (non-hydrogen) atoms. The first-order valence-electron chi connectivity index (χ1n) is 13.5. The van der Waals surface area contributed by atoms with Gasteiger partial charge in [-0.25, -0.2) is 9.18 Å². The second-order valence-electron chi connectivity index (χ2n) is 10.6. The van der Waals surface area contributed by atoms with Crippen molar-refractivity contribution >= 4 is 6.03 Å². The van der Waals surface area contributed by atoms with E-state index in [-0.39, 0.29) is 24.2 Å². The molecular weight excluding hydrogens is 489 g/mol. The third-order valence-electron chi connectivity index (χ3n) is 7.87. The number of halogens is 1. The number of rotatable bonds is 9. The standard InChI is InChI=1S/C29H40FN3O5/c1-20-9-3-4-13-26(20)38-27-22(11-7-12-23(27)30)29(36,14-5-6-16-37-2)21-10-8-15-32(17-21)28(35)33-18-24(31)25(34)19-33/h3-4,7,9,11-13,21,24-25,34,36H,5-6,8,10,14-19,31H2,1-2H3/t21-,24-,25+,29+/m1/s1. The smallest absolute Gasteiger partial charge is 0.320 e. The number of aryl methyl sites for hydroxylation is 1. The van der Waals surface area contributed by atoms with Crippen LogP contribution >= 0.6 is 0 Å². The Labute approximate surface area is 224 Å². The van der Waals surface area contributed by atoms with Gasteiger partial charge in [-0.15, -0.1) is 0 Å². The van der Waals surface area contributed by atoms with Crippen LogP contribution in [0.4, 0.5) is 9.18 Å². The fourth-order valence-electron chi connectivity index (χ4n) is 5.64. The largest absolute Gasteiger partial charge is 0.454 e. The van der Waals surface area contributed by atoms with E-state index in [2.05, 4.69) is 0 Å². The van der Waals surface area contributed by atoms with Crippen molar-refractivity contribution in [2.75, 3.05) is 39.9 Å². The van der Waals surface area contributed by atoms with Crippen LogP contribution in [0.2, 0.25) is 0 Å². The highest BCUT2D eigenvalue weighted by atomic mass is 19.1. The molecule has 9 heteroatoms. The SMILES string of the molecule is COCCCC[C@@](O)(c1cccc(F)c1Oc1ccccc1C)[C@@H]1CCCN(C(=O)N2C[C@@H](N)[C@@H](O)C2)C1. The molecule has 2 aliphatic heterocycles. The number of para-hydroxylation sites is 2. The number of urea groups is 1. The van der Waals surface area contributed by atoms with Gasteiger partial charge >= 0.3 is 6.03 Å². The second kappa shape index (κ2) is 12.4. The van der Waals surface area contributed by atoms with Crippen LogP contribution in [0.15, 0.2) is 42.5 Å². The number of carbonyl (C=O) groups excluding carboxylic acids is 1. The normalized spacial score (nSPS) is 23.4. The number of likely N-dealkylation sites (tertiary alicyclic amines) is 2. The maximum Gasteiger partial charge on any atom is 0.320 e. The number of unbranched alkanes of at least 4 members (excludes halogenated alkanes) is 1. The summed E-state index contributed by atoms with van der Waals surface area (Å²) in [5.74, 6) is -0.368. The lowest BCUT2D eigenvalue weighted by molar-refractivity contribution is -0.0590. The monoisotopic (exact) mass is 529 g/mol. The van der Waals surface area contributed by atoms with Crippen molar-refractivity contribution in [3.63, 3.8) is 0 Å². The maximum absolute atomic E-state index is 15.3. The van der Waals surface area contributed by atoms with Crippen molar-refractivity contribution in [2.24, 2.45) is 11.7 Å². The predicted molar refractivity (Wildman–Crippen MR) is 143 cm³/mol. The summed E-state index contributed by atoms with van der Waals surface area (Å²) < 4.78 is 26.7. The van der Waals surface area contributed by atoms with Crippen molar-refractivity contribution in [3.8, 4) is 11.5 Å². The zero-order chi connectivity index (χ0) is 27.3. The van der Waals surface area contributed by atoms with E-state index in [1.54, 1.807) is 35.1 Å². The molecule has 4 rings (SSSR count). The van der Waals surface area contributed by atoms with Crippen LogP contribution in [0.25, 0.3) is 0 Å². The van der Waals surface area contributed by atoms with Crippen molar-refractivity contribution in [3.05, 3.63) is 59.4 Å². The highest BCUT2D eigenvalue weighted by Gasteiger charge is 2.44. The minimum absolute atomic E-state index is 0.00753. The van der Waals surface area contributed by atoms with E-state index in [1.165, 1.54) is 6.07 Å². The third kappa shape index (κ3) is 6.12. The van der Waals surface area contributed by atoms with Crippen LogP contribution in [0, 0.1) is 18.7 Å². The number of aliphatic hydroxyl groups excluding tert-OH is 1. The molecule has 0 unspecified atom stereocenters. The molecule has 0 bridgehead atoms. The fourth-order valence-corrected chi connectivity index (χ4v) is 5.64. The number of hydrogen-bond donors (Lipinski definition) is 3. The first kappa shape index (κ1) is 28.3. The van der Waals surface area contributed by atoms with Crippen molar-refractivity contribution in [2.45, 2.75) is 56.8 Å². The number of β-amino-alcohol motifs (C(OH)–C–C–N with tert-alkyl or cyclic N) is 1. The van der Waals surface area contributed by atoms with Gasteiger partial charge in [-0.1, -0.05) is 30.3 Å². The molecule has 0 aliphatic carbocycles. The molecule has 2 fully saturated rings. The van der Waals surface area contributed by atoms with Crippen LogP contribution < -0.4 is 10.5 Å². The number of nitrogens with two attached hydrogens (primary N) is 1. The van der Waals surface area contributed by atoms with Gasteiger partial charge in [0.05, 0.1) is 11.7 Å². The minimum Gasteiger partial charge on any atom is -0.454 e. The van der Waals surface area contributed by atoms with E-state index in [0.717, 1.165) is 12.0 Å². The van der Waals surface area contributed by atoms with Gasteiger partial charge in [-0.05, 0) is 56.7 Å². The van der Waals surface area contributed by atoms with Crippen molar-refractivity contribution < 1.29 is 28.9 Å². The number of nitrogens with zero attached hydrogens (tertiary/aromatic N) is 2. The Morgan fingerprint density at radius 1 is 1.13 bits per heavy atom. The van der Waals surface area contributed by atoms with E-state index < -0.39 is 23.6 Å². The van der Waals surface area contributed by atoms with Crippen molar-refractivity contribution in [1.82, 2.24) is 9.80 Å².